The normalized spacial score (nSPS) is 13.6. The van der Waals surface area contributed by atoms with Crippen LogP contribution in [0.3, 0.4) is 0 Å². The number of rotatable bonds is 6. The SMILES string of the molecule is CCCCc1sc(-c2ccc3c(c2)N(C(=O)OC(C)(C)C)CCC3)nc1C(=O)OCC. The van der Waals surface area contributed by atoms with E-state index in [-0.39, 0.29) is 12.1 Å². The van der Waals surface area contributed by atoms with Crippen molar-refractivity contribution in [2.45, 2.75) is 72.3 Å². The molecule has 0 atom stereocenters. The van der Waals surface area contributed by atoms with Crippen LogP contribution in [0.4, 0.5) is 10.5 Å². The van der Waals surface area contributed by atoms with Crippen LogP contribution in [0.15, 0.2) is 18.2 Å². The Morgan fingerprint density at radius 1 is 1.23 bits per heavy atom. The van der Waals surface area contributed by atoms with E-state index in [9.17, 15) is 9.59 Å². The molecule has 0 saturated carbocycles. The maximum atomic E-state index is 12.8. The van der Waals surface area contributed by atoms with Gasteiger partial charge in [-0.25, -0.2) is 14.6 Å². The second-order valence-electron chi connectivity index (χ2n) is 8.69. The van der Waals surface area contributed by atoms with Gasteiger partial charge in [0.2, 0.25) is 0 Å². The third-order valence-corrected chi connectivity index (χ3v) is 6.15. The molecule has 2 heterocycles. The van der Waals surface area contributed by atoms with E-state index in [1.54, 1.807) is 11.8 Å². The van der Waals surface area contributed by atoms with Crippen LogP contribution in [0, 0.1) is 0 Å². The van der Waals surface area contributed by atoms with E-state index in [4.69, 9.17) is 9.47 Å². The van der Waals surface area contributed by atoms with Crippen LogP contribution in [0.2, 0.25) is 0 Å². The molecule has 1 amide bonds. The number of aromatic nitrogens is 1. The number of esters is 1. The first-order chi connectivity index (χ1) is 14.7. The van der Waals surface area contributed by atoms with E-state index >= 15 is 0 Å². The van der Waals surface area contributed by atoms with Gasteiger partial charge in [-0.2, -0.15) is 0 Å². The lowest BCUT2D eigenvalue weighted by molar-refractivity contribution is 0.0517. The fourth-order valence-corrected chi connectivity index (χ4v) is 4.64. The van der Waals surface area contributed by atoms with E-state index in [2.05, 4.69) is 18.0 Å². The standard InChI is InChI=1S/C24H32N2O4S/c1-6-8-11-19-20(22(27)29-7-2)25-21(31-19)17-13-12-16-10-9-14-26(18(16)15-17)23(28)30-24(3,4)5/h12-13,15H,6-11,14H2,1-5H3. The number of thiazole rings is 1. The largest absolute Gasteiger partial charge is 0.461 e. The molecule has 0 radical (unpaired) electrons. The molecular formula is C24H32N2O4S. The number of hydrogen-bond donors (Lipinski definition) is 0. The number of aryl methyl sites for hydroxylation is 2. The molecule has 2 aromatic rings. The number of hydrogen-bond acceptors (Lipinski definition) is 6. The summed E-state index contributed by atoms with van der Waals surface area (Å²) in [6.07, 6.45) is 4.32. The van der Waals surface area contributed by atoms with Crippen LogP contribution in [0.1, 0.15) is 74.8 Å². The van der Waals surface area contributed by atoms with Gasteiger partial charge in [0.15, 0.2) is 5.69 Å². The summed E-state index contributed by atoms with van der Waals surface area (Å²) in [6, 6.07) is 6.07. The zero-order valence-electron chi connectivity index (χ0n) is 19.1. The fourth-order valence-electron chi connectivity index (χ4n) is 3.56. The Morgan fingerprint density at radius 2 is 2.00 bits per heavy atom. The van der Waals surface area contributed by atoms with Crippen LogP contribution >= 0.6 is 11.3 Å². The molecule has 1 aromatic heterocycles. The summed E-state index contributed by atoms with van der Waals surface area (Å²) in [5.41, 5.74) is 2.74. The quantitative estimate of drug-likeness (QED) is 0.510. The van der Waals surface area contributed by atoms with Gasteiger partial charge in [-0.15, -0.1) is 11.3 Å². The molecule has 0 N–H and O–H groups in total. The summed E-state index contributed by atoms with van der Waals surface area (Å²) in [5, 5.41) is 0.770. The van der Waals surface area contributed by atoms with Crippen molar-refractivity contribution in [3.8, 4) is 10.6 Å². The first kappa shape index (κ1) is 23.3. The lowest BCUT2D eigenvalue weighted by atomic mass is 10.00. The van der Waals surface area contributed by atoms with Gasteiger partial charge in [-0.05, 0) is 65.0 Å². The number of ether oxygens (including phenoxy) is 2. The highest BCUT2D eigenvalue weighted by Crippen LogP contribution is 2.36. The van der Waals surface area contributed by atoms with E-state index in [1.807, 2.05) is 32.9 Å². The zero-order valence-corrected chi connectivity index (χ0v) is 19.9. The first-order valence-corrected chi connectivity index (χ1v) is 11.9. The fraction of sp³-hybridized carbons (Fsp3) is 0.542. The smallest absolute Gasteiger partial charge is 0.414 e. The van der Waals surface area contributed by atoms with Crippen molar-refractivity contribution in [1.29, 1.82) is 0 Å². The highest BCUT2D eigenvalue weighted by Gasteiger charge is 2.28. The molecule has 7 heteroatoms. The summed E-state index contributed by atoms with van der Waals surface area (Å²) in [4.78, 5) is 32.5. The summed E-state index contributed by atoms with van der Waals surface area (Å²) < 4.78 is 10.8. The van der Waals surface area contributed by atoms with Gasteiger partial charge in [-0.1, -0.05) is 25.5 Å². The minimum absolute atomic E-state index is 0.322. The van der Waals surface area contributed by atoms with Gasteiger partial charge >= 0.3 is 12.1 Å². The topological polar surface area (TPSA) is 68.7 Å². The van der Waals surface area contributed by atoms with Gasteiger partial charge in [-0.3, -0.25) is 4.90 Å². The van der Waals surface area contributed by atoms with Crippen molar-refractivity contribution in [1.82, 2.24) is 4.98 Å². The number of benzene rings is 1. The molecule has 0 unspecified atom stereocenters. The summed E-state index contributed by atoms with van der Waals surface area (Å²) >= 11 is 1.53. The average Bonchev–Trinajstić information content (AvgIpc) is 3.14. The van der Waals surface area contributed by atoms with Gasteiger partial charge in [0.1, 0.15) is 10.6 Å². The Bertz CT molecular complexity index is 946. The molecule has 1 aliphatic rings. The first-order valence-electron chi connectivity index (χ1n) is 11.0. The van der Waals surface area contributed by atoms with E-state index in [0.717, 1.165) is 58.8 Å². The highest BCUT2D eigenvalue weighted by molar-refractivity contribution is 7.15. The van der Waals surface area contributed by atoms with Gasteiger partial charge in [0.05, 0.1) is 12.3 Å². The number of amides is 1. The predicted octanol–water partition coefficient (Wildman–Crippen LogP) is 6.02. The van der Waals surface area contributed by atoms with Crippen molar-refractivity contribution in [3.05, 3.63) is 34.3 Å². The Morgan fingerprint density at radius 3 is 2.68 bits per heavy atom. The maximum absolute atomic E-state index is 12.8. The van der Waals surface area contributed by atoms with Gasteiger partial charge in [0.25, 0.3) is 0 Å². The zero-order chi connectivity index (χ0) is 22.6. The Hall–Kier alpha value is -2.41. The van der Waals surface area contributed by atoms with Crippen molar-refractivity contribution >= 4 is 29.1 Å². The molecule has 0 bridgehead atoms. The van der Waals surface area contributed by atoms with Crippen LogP contribution < -0.4 is 4.90 Å². The molecular weight excluding hydrogens is 412 g/mol. The second kappa shape index (κ2) is 9.81. The molecule has 3 rings (SSSR count). The van der Waals surface area contributed by atoms with Crippen molar-refractivity contribution < 1.29 is 19.1 Å². The minimum atomic E-state index is -0.551. The number of carbonyl (C=O) groups excluding carboxylic acids is 2. The summed E-state index contributed by atoms with van der Waals surface area (Å²) in [6.45, 7) is 10.5. The van der Waals surface area contributed by atoms with E-state index in [1.165, 1.54) is 11.3 Å². The molecule has 31 heavy (non-hydrogen) atoms. The minimum Gasteiger partial charge on any atom is -0.461 e. The van der Waals surface area contributed by atoms with Crippen molar-refractivity contribution in [2.75, 3.05) is 18.1 Å². The number of carbonyl (C=O) groups is 2. The number of unbranched alkanes of at least 4 members (excludes halogenated alkanes) is 1. The molecule has 0 spiro atoms. The molecule has 6 nitrogen and oxygen atoms in total. The predicted molar refractivity (Wildman–Crippen MR) is 124 cm³/mol. The van der Waals surface area contributed by atoms with Crippen molar-refractivity contribution in [2.24, 2.45) is 0 Å². The number of fused-ring (bicyclic) bond motifs is 1. The lowest BCUT2D eigenvalue weighted by Crippen LogP contribution is -2.39. The Kier molecular flexibility index (Phi) is 7.36. The summed E-state index contributed by atoms with van der Waals surface area (Å²) in [7, 11) is 0. The van der Waals surface area contributed by atoms with Crippen LogP contribution in [0.25, 0.3) is 10.6 Å². The number of anilines is 1. The van der Waals surface area contributed by atoms with Gasteiger partial charge < -0.3 is 9.47 Å². The van der Waals surface area contributed by atoms with E-state index in [0.29, 0.717) is 18.8 Å². The third-order valence-electron chi connectivity index (χ3n) is 4.99. The molecule has 1 aromatic carbocycles. The number of nitrogens with zero attached hydrogens (tertiary/aromatic N) is 2. The monoisotopic (exact) mass is 444 g/mol. The molecule has 1 aliphatic heterocycles. The second-order valence-corrected chi connectivity index (χ2v) is 9.78. The van der Waals surface area contributed by atoms with Crippen LogP contribution in [-0.2, 0) is 22.3 Å². The third kappa shape index (κ3) is 5.64. The van der Waals surface area contributed by atoms with E-state index < -0.39 is 5.60 Å². The Balaban J connectivity index is 1.96. The molecule has 168 valence electrons. The molecule has 0 aliphatic carbocycles. The van der Waals surface area contributed by atoms with Gasteiger partial charge in [0, 0.05) is 17.0 Å². The highest BCUT2D eigenvalue weighted by atomic mass is 32.1. The maximum Gasteiger partial charge on any atom is 0.414 e. The Labute approximate surface area is 188 Å². The summed E-state index contributed by atoms with van der Waals surface area (Å²) in [5.74, 6) is -0.371. The molecule has 0 saturated heterocycles. The average molecular weight is 445 g/mol. The van der Waals surface area contributed by atoms with Crippen LogP contribution in [-0.4, -0.2) is 35.8 Å². The molecule has 0 fully saturated rings. The van der Waals surface area contributed by atoms with Crippen LogP contribution in [0.5, 0.6) is 0 Å². The lowest BCUT2D eigenvalue weighted by Gasteiger charge is -2.32. The van der Waals surface area contributed by atoms with Crippen molar-refractivity contribution in [3.63, 3.8) is 0 Å².